The Labute approximate surface area is 139 Å². The van der Waals surface area contributed by atoms with Gasteiger partial charge in [-0.15, -0.1) is 0 Å². The van der Waals surface area contributed by atoms with Crippen LogP contribution in [0.15, 0.2) is 36.4 Å². The van der Waals surface area contributed by atoms with Crippen molar-refractivity contribution >= 4 is 10.8 Å². The second-order valence-electron chi connectivity index (χ2n) is 9.05. The summed E-state index contributed by atoms with van der Waals surface area (Å²) in [6.45, 7) is 2.35. The number of aryl methyl sites for hydroxylation is 1. The summed E-state index contributed by atoms with van der Waals surface area (Å²) in [6.07, 6.45) is 7.76. The summed E-state index contributed by atoms with van der Waals surface area (Å²) in [7, 11) is 0. The first-order valence-corrected chi connectivity index (χ1v) is 9.79. The van der Waals surface area contributed by atoms with E-state index >= 15 is 0 Å². The van der Waals surface area contributed by atoms with Gasteiger partial charge in [-0.25, -0.2) is 0 Å². The molecule has 118 valence electrons. The molecule has 4 aliphatic carbocycles. The van der Waals surface area contributed by atoms with Crippen molar-refractivity contribution in [2.45, 2.75) is 44.9 Å². The van der Waals surface area contributed by atoms with E-state index in [1.54, 1.807) is 36.8 Å². The predicted molar refractivity (Wildman–Crippen MR) is 95.5 cm³/mol. The van der Waals surface area contributed by atoms with Crippen molar-refractivity contribution < 1.29 is 0 Å². The van der Waals surface area contributed by atoms with Crippen molar-refractivity contribution in [3.8, 4) is 0 Å². The number of fused-ring (bicyclic) bond motifs is 10. The first-order chi connectivity index (χ1) is 11.3. The van der Waals surface area contributed by atoms with E-state index in [-0.39, 0.29) is 0 Å². The van der Waals surface area contributed by atoms with Gasteiger partial charge >= 0.3 is 0 Å². The lowest BCUT2D eigenvalue weighted by Gasteiger charge is -2.39. The van der Waals surface area contributed by atoms with Crippen LogP contribution in [0.2, 0.25) is 0 Å². The highest BCUT2D eigenvalue weighted by molar-refractivity contribution is 5.84. The van der Waals surface area contributed by atoms with Crippen molar-refractivity contribution in [1.82, 2.24) is 0 Å². The Morgan fingerprint density at radius 1 is 0.783 bits per heavy atom. The van der Waals surface area contributed by atoms with Crippen molar-refractivity contribution in [2.24, 2.45) is 35.5 Å². The Kier molecular flexibility index (Phi) is 2.50. The molecule has 0 aliphatic heterocycles. The van der Waals surface area contributed by atoms with E-state index in [2.05, 4.69) is 43.3 Å². The lowest BCUT2D eigenvalue weighted by atomic mass is 9.65. The Morgan fingerprint density at radius 3 is 2.35 bits per heavy atom. The number of hydrogen-bond donors (Lipinski definition) is 0. The molecule has 0 heteroatoms. The molecule has 0 saturated heterocycles. The predicted octanol–water partition coefficient (Wildman–Crippen LogP) is 5.93. The Morgan fingerprint density at radius 2 is 1.52 bits per heavy atom. The van der Waals surface area contributed by atoms with Crippen LogP contribution in [0.3, 0.4) is 0 Å². The molecule has 4 saturated carbocycles. The summed E-state index contributed by atoms with van der Waals surface area (Å²) in [4.78, 5) is 0. The standard InChI is InChI=1S/C23H26/c1-13-8-14-4-2-3-5-15(14)10-19(13)20-11-18-12-21(20)23-17-7-6-16(9-17)22(18)23/h2-5,8,10,16-18,20-23H,6-7,9,11-12H2,1H3. The zero-order valence-corrected chi connectivity index (χ0v) is 14.0. The van der Waals surface area contributed by atoms with Gasteiger partial charge in [-0.3, -0.25) is 0 Å². The van der Waals surface area contributed by atoms with Crippen molar-refractivity contribution in [1.29, 1.82) is 0 Å². The molecule has 0 spiro atoms. The molecule has 2 aromatic carbocycles. The van der Waals surface area contributed by atoms with E-state index in [0.29, 0.717) is 0 Å². The summed E-state index contributed by atoms with van der Waals surface area (Å²) in [5.41, 5.74) is 3.23. The Hall–Kier alpha value is -1.30. The lowest BCUT2D eigenvalue weighted by molar-refractivity contribution is 0.130. The van der Waals surface area contributed by atoms with E-state index in [1.165, 1.54) is 17.2 Å². The van der Waals surface area contributed by atoms with Crippen LogP contribution in [0.5, 0.6) is 0 Å². The monoisotopic (exact) mass is 302 g/mol. The zero-order chi connectivity index (χ0) is 15.1. The largest absolute Gasteiger partial charge is 0.0616 e. The van der Waals surface area contributed by atoms with Gasteiger partial charge in [0.25, 0.3) is 0 Å². The molecule has 4 aliphatic rings. The molecule has 4 bridgehead atoms. The maximum Gasteiger partial charge on any atom is -0.0125 e. The average Bonchev–Trinajstić information content (AvgIpc) is 3.32. The fourth-order valence-electron chi connectivity index (χ4n) is 7.69. The van der Waals surface area contributed by atoms with Crippen LogP contribution >= 0.6 is 0 Å². The molecular formula is C23H26. The summed E-state index contributed by atoms with van der Waals surface area (Å²) < 4.78 is 0. The highest BCUT2D eigenvalue weighted by atomic mass is 14.7. The highest BCUT2D eigenvalue weighted by Crippen LogP contribution is 2.70. The molecule has 7 atom stereocenters. The van der Waals surface area contributed by atoms with Crippen LogP contribution in [0.4, 0.5) is 0 Å². The van der Waals surface area contributed by atoms with E-state index in [0.717, 1.165) is 41.4 Å². The topological polar surface area (TPSA) is 0 Å². The maximum atomic E-state index is 2.54. The SMILES string of the molecule is Cc1cc2ccccc2cc1C1CC2CC1C1C3CCC(C3)C21. The van der Waals surface area contributed by atoms with Crippen LogP contribution in [-0.4, -0.2) is 0 Å². The van der Waals surface area contributed by atoms with Crippen LogP contribution < -0.4 is 0 Å². The molecule has 0 nitrogen and oxygen atoms in total. The first-order valence-electron chi connectivity index (χ1n) is 9.79. The van der Waals surface area contributed by atoms with E-state index in [4.69, 9.17) is 0 Å². The van der Waals surface area contributed by atoms with Crippen LogP contribution in [0, 0.1) is 42.4 Å². The molecule has 0 radical (unpaired) electrons. The summed E-state index contributed by atoms with van der Waals surface area (Å²) in [5.74, 6) is 7.41. The molecule has 7 unspecified atom stereocenters. The van der Waals surface area contributed by atoms with Crippen molar-refractivity contribution in [3.63, 3.8) is 0 Å². The van der Waals surface area contributed by atoms with Gasteiger partial charge in [0.05, 0.1) is 0 Å². The third-order valence-corrected chi connectivity index (χ3v) is 8.27. The minimum atomic E-state index is 0.866. The molecular weight excluding hydrogens is 276 g/mol. The fraction of sp³-hybridized carbons (Fsp3) is 0.565. The summed E-state index contributed by atoms with van der Waals surface area (Å²) in [5, 5.41) is 2.86. The van der Waals surface area contributed by atoms with E-state index < -0.39 is 0 Å². The molecule has 0 aromatic heterocycles. The van der Waals surface area contributed by atoms with Gasteiger partial charge in [0.2, 0.25) is 0 Å². The molecule has 0 heterocycles. The number of rotatable bonds is 1. The lowest BCUT2D eigenvalue weighted by Crippen LogP contribution is -2.31. The van der Waals surface area contributed by atoms with Gasteiger partial charge < -0.3 is 0 Å². The maximum absolute atomic E-state index is 2.54. The highest BCUT2D eigenvalue weighted by Gasteiger charge is 2.62. The second kappa shape index (κ2) is 4.41. The zero-order valence-electron chi connectivity index (χ0n) is 14.0. The molecule has 0 amide bonds. The fourth-order valence-corrected chi connectivity index (χ4v) is 7.69. The van der Waals surface area contributed by atoms with E-state index in [9.17, 15) is 0 Å². The van der Waals surface area contributed by atoms with Crippen molar-refractivity contribution in [2.75, 3.05) is 0 Å². The van der Waals surface area contributed by atoms with Gasteiger partial charge in [-0.1, -0.05) is 36.4 Å². The third kappa shape index (κ3) is 1.63. The Bertz CT molecular complexity index is 788. The van der Waals surface area contributed by atoms with E-state index in [1.807, 2.05) is 0 Å². The second-order valence-corrected chi connectivity index (χ2v) is 9.05. The molecule has 23 heavy (non-hydrogen) atoms. The molecule has 2 aromatic rings. The quantitative estimate of drug-likeness (QED) is 0.572. The van der Waals surface area contributed by atoms with Gasteiger partial charge in [-0.05, 0) is 102 Å². The Balaban J connectivity index is 1.42. The smallest absolute Gasteiger partial charge is 0.0125 e. The molecule has 0 N–H and O–H groups in total. The summed E-state index contributed by atoms with van der Waals surface area (Å²) >= 11 is 0. The number of benzene rings is 2. The number of hydrogen-bond acceptors (Lipinski definition) is 0. The van der Waals surface area contributed by atoms with Gasteiger partial charge in [0.15, 0.2) is 0 Å². The normalized spacial score (nSPS) is 43.4. The van der Waals surface area contributed by atoms with Crippen LogP contribution in [-0.2, 0) is 0 Å². The van der Waals surface area contributed by atoms with Gasteiger partial charge in [0.1, 0.15) is 0 Å². The first kappa shape index (κ1) is 13.0. The molecule has 4 fully saturated rings. The average molecular weight is 302 g/mol. The minimum absolute atomic E-state index is 0.866. The van der Waals surface area contributed by atoms with Crippen LogP contribution in [0.25, 0.3) is 10.8 Å². The van der Waals surface area contributed by atoms with Gasteiger partial charge in [-0.2, -0.15) is 0 Å². The third-order valence-electron chi connectivity index (χ3n) is 8.27. The molecule has 6 rings (SSSR count). The van der Waals surface area contributed by atoms with Crippen LogP contribution in [0.1, 0.15) is 49.1 Å². The minimum Gasteiger partial charge on any atom is -0.0616 e. The summed E-state index contributed by atoms with van der Waals surface area (Å²) in [6, 6.07) is 13.9. The van der Waals surface area contributed by atoms with Crippen molar-refractivity contribution in [3.05, 3.63) is 47.5 Å². The van der Waals surface area contributed by atoms with Gasteiger partial charge in [0, 0.05) is 0 Å².